The number of hydrogen-bond acceptors (Lipinski definition) is 3. The van der Waals surface area contributed by atoms with Crippen LogP contribution in [0.1, 0.15) is 43.1 Å². The van der Waals surface area contributed by atoms with Gasteiger partial charge in [-0.3, -0.25) is 0 Å². The summed E-state index contributed by atoms with van der Waals surface area (Å²) < 4.78 is 1.93. The van der Waals surface area contributed by atoms with Crippen LogP contribution in [0.4, 0.5) is 4.79 Å². The minimum Gasteiger partial charge on any atom is -0.338 e. The van der Waals surface area contributed by atoms with Crippen LogP contribution in [0.15, 0.2) is 30.3 Å². The molecule has 1 aromatic carbocycles. The lowest BCUT2D eigenvalue weighted by molar-refractivity contribution is 0.190. The van der Waals surface area contributed by atoms with Gasteiger partial charge in [0, 0.05) is 24.3 Å². The minimum atomic E-state index is -0.112. The average molecular weight is 384 g/mol. The second-order valence-corrected chi connectivity index (χ2v) is 7.88. The van der Waals surface area contributed by atoms with Crippen LogP contribution in [-0.2, 0) is 6.54 Å². The normalized spacial score (nSPS) is 15.5. The van der Waals surface area contributed by atoms with Gasteiger partial charge in [-0.25, -0.2) is 9.48 Å². The molecule has 0 aliphatic carbocycles. The molecule has 2 amide bonds. The number of carbonyl (C=O) groups excluding carboxylic acids is 1. The maximum atomic E-state index is 12.1. The zero-order valence-corrected chi connectivity index (χ0v) is 17.4. The number of urea groups is 1. The van der Waals surface area contributed by atoms with Crippen molar-refractivity contribution in [2.75, 3.05) is 26.2 Å². The molecule has 1 aliphatic heterocycles. The van der Waals surface area contributed by atoms with Gasteiger partial charge in [-0.2, -0.15) is 5.10 Å². The van der Waals surface area contributed by atoms with Crippen LogP contribution in [0.5, 0.6) is 0 Å². The number of piperidine rings is 1. The molecule has 3 rings (SSSR count). The number of benzene rings is 1. The second-order valence-electron chi connectivity index (χ2n) is 7.88. The van der Waals surface area contributed by atoms with E-state index in [9.17, 15) is 4.79 Å². The Morgan fingerprint density at radius 2 is 1.86 bits per heavy atom. The van der Waals surface area contributed by atoms with Crippen molar-refractivity contribution in [1.29, 1.82) is 0 Å². The number of rotatable bonds is 7. The molecule has 0 radical (unpaired) electrons. The fourth-order valence-corrected chi connectivity index (χ4v) is 3.77. The monoisotopic (exact) mass is 383 g/mol. The summed E-state index contributed by atoms with van der Waals surface area (Å²) in [4.78, 5) is 14.7. The van der Waals surface area contributed by atoms with Crippen LogP contribution in [0.3, 0.4) is 0 Å². The Balaban J connectivity index is 1.42. The molecule has 2 N–H and O–H groups in total. The molecular formula is C22H33N5O. The lowest BCUT2D eigenvalue weighted by Crippen LogP contribution is -2.38. The fraction of sp³-hybridized carbons (Fsp3) is 0.545. The second kappa shape index (κ2) is 9.73. The number of nitrogens with one attached hydrogen (secondary N) is 2. The molecule has 1 aliphatic rings. The van der Waals surface area contributed by atoms with E-state index in [1.165, 1.54) is 25.9 Å². The Bertz CT molecular complexity index is 763. The lowest BCUT2D eigenvalue weighted by atomic mass is 9.99. The first-order valence-electron chi connectivity index (χ1n) is 10.4. The molecule has 0 bridgehead atoms. The first-order chi connectivity index (χ1) is 13.5. The number of nitrogens with zero attached hydrogens (tertiary/aromatic N) is 3. The van der Waals surface area contributed by atoms with Crippen molar-refractivity contribution in [2.24, 2.45) is 5.92 Å². The predicted octanol–water partition coefficient (Wildman–Crippen LogP) is 3.41. The quantitative estimate of drug-likeness (QED) is 0.720. The van der Waals surface area contributed by atoms with Crippen molar-refractivity contribution in [3.63, 3.8) is 0 Å². The molecule has 6 nitrogen and oxygen atoms in total. The Morgan fingerprint density at radius 3 is 2.57 bits per heavy atom. The summed E-state index contributed by atoms with van der Waals surface area (Å²) in [5.74, 6) is 0.860. The zero-order chi connectivity index (χ0) is 19.9. The van der Waals surface area contributed by atoms with E-state index < -0.39 is 0 Å². The predicted molar refractivity (Wildman–Crippen MR) is 113 cm³/mol. The van der Waals surface area contributed by atoms with E-state index in [1.807, 2.05) is 48.9 Å². The van der Waals surface area contributed by atoms with E-state index in [1.54, 1.807) is 0 Å². The van der Waals surface area contributed by atoms with Gasteiger partial charge in [-0.15, -0.1) is 0 Å². The highest BCUT2D eigenvalue weighted by molar-refractivity contribution is 5.73. The fourth-order valence-electron chi connectivity index (χ4n) is 3.77. The molecule has 2 heterocycles. The van der Waals surface area contributed by atoms with Gasteiger partial charge in [-0.05, 0) is 70.8 Å². The van der Waals surface area contributed by atoms with E-state index in [0.29, 0.717) is 13.1 Å². The van der Waals surface area contributed by atoms with E-state index in [-0.39, 0.29) is 6.03 Å². The van der Waals surface area contributed by atoms with Crippen molar-refractivity contribution in [2.45, 2.75) is 46.6 Å². The summed E-state index contributed by atoms with van der Waals surface area (Å²) in [5, 5.41) is 10.6. The van der Waals surface area contributed by atoms with E-state index in [2.05, 4.69) is 27.6 Å². The number of aromatic nitrogens is 2. The van der Waals surface area contributed by atoms with Gasteiger partial charge in [0.1, 0.15) is 0 Å². The summed E-state index contributed by atoms with van der Waals surface area (Å²) in [5.41, 5.74) is 4.11. The van der Waals surface area contributed by atoms with Gasteiger partial charge in [0.15, 0.2) is 0 Å². The maximum Gasteiger partial charge on any atom is 0.315 e. The smallest absolute Gasteiger partial charge is 0.315 e. The van der Waals surface area contributed by atoms with Crippen LogP contribution < -0.4 is 10.6 Å². The van der Waals surface area contributed by atoms with Crippen LogP contribution in [0.25, 0.3) is 5.69 Å². The average Bonchev–Trinajstić information content (AvgIpc) is 2.99. The van der Waals surface area contributed by atoms with Crippen LogP contribution in [0.2, 0.25) is 0 Å². The molecule has 0 saturated carbocycles. The SMILES string of the molecule is Cc1nn(-c2ccccc2)c(C)c1CNC(=O)NCCCN1CCC(C)CC1. The summed E-state index contributed by atoms with van der Waals surface area (Å²) in [6, 6.07) is 9.95. The first kappa shape index (κ1) is 20.4. The Hall–Kier alpha value is -2.34. The van der Waals surface area contributed by atoms with Crippen molar-refractivity contribution in [3.05, 3.63) is 47.3 Å². The number of amides is 2. The number of para-hydroxylation sites is 1. The van der Waals surface area contributed by atoms with Crippen LogP contribution >= 0.6 is 0 Å². The maximum absolute atomic E-state index is 12.1. The number of hydrogen-bond donors (Lipinski definition) is 2. The van der Waals surface area contributed by atoms with Gasteiger partial charge >= 0.3 is 6.03 Å². The molecule has 1 fully saturated rings. The highest BCUT2D eigenvalue weighted by Crippen LogP contribution is 2.18. The number of carbonyl (C=O) groups is 1. The molecule has 2 aromatic rings. The van der Waals surface area contributed by atoms with Gasteiger partial charge in [-0.1, -0.05) is 25.1 Å². The molecule has 1 aromatic heterocycles. The molecule has 6 heteroatoms. The van der Waals surface area contributed by atoms with E-state index >= 15 is 0 Å². The number of likely N-dealkylation sites (tertiary alicyclic amines) is 1. The molecule has 28 heavy (non-hydrogen) atoms. The largest absolute Gasteiger partial charge is 0.338 e. The van der Waals surface area contributed by atoms with Crippen molar-refractivity contribution in [3.8, 4) is 5.69 Å². The highest BCUT2D eigenvalue weighted by atomic mass is 16.2. The Morgan fingerprint density at radius 1 is 1.14 bits per heavy atom. The van der Waals surface area contributed by atoms with Gasteiger partial charge in [0.05, 0.1) is 11.4 Å². The third-order valence-corrected chi connectivity index (χ3v) is 5.68. The summed E-state index contributed by atoms with van der Waals surface area (Å²) in [6.45, 7) is 11.0. The minimum absolute atomic E-state index is 0.112. The molecule has 0 unspecified atom stereocenters. The summed E-state index contributed by atoms with van der Waals surface area (Å²) >= 11 is 0. The summed E-state index contributed by atoms with van der Waals surface area (Å²) in [7, 11) is 0. The third-order valence-electron chi connectivity index (χ3n) is 5.68. The zero-order valence-electron chi connectivity index (χ0n) is 17.4. The molecular weight excluding hydrogens is 350 g/mol. The van der Waals surface area contributed by atoms with Crippen molar-refractivity contribution >= 4 is 6.03 Å². The molecule has 0 spiro atoms. The van der Waals surface area contributed by atoms with Gasteiger partial charge in [0.2, 0.25) is 0 Å². The standard InChI is InChI=1S/C22H33N5O/c1-17-10-14-26(15-11-17)13-7-12-23-22(28)24-16-21-18(2)25-27(19(21)3)20-8-5-4-6-9-20/h4-6,8-9,17H,7,10-16H2,1-3H3,(H2,23,24,28). The van der Waals surface area contributed by atoms with Crippen LogP contribution in [0, 0.1) is 19.8 Å². The highest BCUT2D eigenvalue weighted by Gasteiger charge is 2.15. The van der Waals surface area contributed by atoms with Crippen molar-refractivity contribution < 1.29 is 4.79 Å². The Kier molecular flexibility index (Phi) is 7.09. The van der Waals surface area contributed by atoms with Crippen LogP contribution in [-0.4, -0.2) is 46.9 Å². The number of aryl methyl sites for hydroxylation is 1. The lowest BCUT2D eigenvalue weighted by Gasteiger charge is -2.30. The van der Waals surface area contributed by atoms with E-state index in [4.69, 9.17) is 0 Å². The molecule has 1 saturated heterocycles. The molecule has 152 valence electrons. The topological polar surface area (TPSA) is 62.2 Å². The van der Waals surface area contributed by atoms with E-state index in [0.717, 1.165) is 41.5 Å². The van der Waals surface area contributed by atoms with Gasteiger partial charge in [0.25, 0.3) is 0 Å². The van der Waals surface area contributed by atoms with Crippen molar-refractivity contribution in [1.82, 2.24) is 25.3 Å². The first-order valence-corrected chi connectivity index (χ1v) is 10.4. The Labute approximate surface area is 168 Å². The third kappa shape index (κ3) is 5.35. The molecule has 0 atom stereocenters. The summed E-state index contributed by atoms with van der Waals surface area (Å²) in [6.07, 6.45) is 3.58. The van der Waals surface area contributed by atoms with Gasteiger partial charge < -0.3 is 15.5 Å².